The molecule has 1 unspecified atom stereocenters. The van der Waals surface area contributed by atoms with Gasteiger partial charge in [0.1, 0.15) is 11.5 Å². The molecule has 25 heavy (non-hydrogen) atoms. The van der Waals surface area contributed by atoms with Crippen LogP contribution in [0, 0.1) is 0 Å². The van der Waals surface area contributed by atoms with Gasteiger partial charge in [-0.3, -0.25) is 4.79 Å². The molecule has 1 amide bonds. The van der Waals surface area contributed by atoms with Crippen molar-refractivity contribution in [2.75, 3.05) is 25.7 Å². The number of carbonyl (C=O) groups is 2. The summed E-state index contributed by atoms with van der Waals surface area (Å²) < 4.78 is 10.2. The quantitative estimate of drug-likeness (QED) is 0.836. The Bertz CT molecular complexity index is 724. The lowest BCUT2D eigenvalue weighted by atomic mass is 9.99. The Morgan fingerprint density at radius 1 is 1.04 bits per heavy atom. The molecule has 0 aliphatic rings. The second kappa shape index (κ2) is 8.19. The number of rotatable bonds is 7. The predicted molar refractivity (Wildman–Crippen MR) is 94.4 cm³/mol. The van der Waals surface area contributed by atoms with Gasteiger partial charge in [0.15, 0.2) is 6.61 Å². The highest BCUT2D eigenvalue weighted by Crippen LogP contribution is 2.25. The first-order valence-corrected chi connectivity index (χ1v) is 7.78. The average Bonchev–Trinajstić information content (AvgIpc) is 2.65. The van der Waals surface area contributed by atoms with Crippen LogP contribution in [0.3, 0.4) is 0 Å². The normalized spacial score (nSPS) is 11.5. The zero-order valence-electron chi connectivity index (χ0n) is 14.4. The number of carbonyl (C=O) groups excluding carboxylic acids is 1. The summed E-state index contributed by atoms with van der Waals surface area (Å²) >= 11 is 0. The molecule has 6 nitrogen and oxygen atoms in total. The van der Waals surface area contributed by atoms with E-state index in [4.69, 9.17) is 14.6 Å². The number of aliphatic carboxylic acids is 1. The van der Waals surface area contributed by atoms with Gasteiger partial charge in [-0.05, 0) is 48.9 Å². The van der Waals surface area contributed by atoms with E-state index in [-0.39, 0.29) is 11.8 Å². The lowest BCUT2D eigenvalue weighted by molar-refractivity contribution is -0.139. The first-order chi connectivity index (χ1) is 11.9. The first kappa shape index (κ1) is 18.3. The van der Waals surface area contributed by atoms with Crippen molar-refractivity contribution >= 4 is 17.6 Å². The molecule has 2 aromatic carbocycles. The topological polar surface area (TPSA) is 76.1 Å². The second-order valence-electron chi connectivity index (χ2n) is 5.57. The molecule has 0 aliphatic carbocycles. The molecule has 0 saturated carbocycles. The van der Waals surface area contributed by atoms with E-state index in [0.717, 1.165) is 11.3 Å². The number of hydrogen-bond donors (Lipinski definition) is 1. The number of amides is 1. The van der Waals surface area contributed by atoms with Gasteiger partial charge in [-0.2, -0.15) is 0 Å². The number of benzene rings is 2. The van der Waals surface area contributed by atoms with Crippen LogP contribution in [0.1, 0.15) is 18.4 Å². The lowest BCUT2D eigenvalue weighted by Gasteiger charge is -2.22. The number of ether oxygens (including phenoxy) is 2. The fourth-order valence-electron chi connectivity index (χ4n) is 2.36. The number of carboxylic acid groups (broad SMARTS) is 1. The van der Waals surface area contributed by atoms with Crippen LogP contribution in [0.5, 0.6) is 11.5 Å². The largest absolute Gasteiger partial charge is 0.497 e. The maximum absolute atomic E-state index is 12.7. The van der Waals surface area contributed by atoms with Gasteiger partial charge in [0.05, 0.1) is 13.0 Å². The third-order valence-corrected chi connectivity index (χ3v) is 3.90. The molecule has 1 atom stereocenters. The van der Waals surface area contributed by atoms with Crippen molar-refractivity contribution in [3.63, 3.8) is 0 Å². The molecule has 2 aromatic rings. The van der Waals surface area contributed by atoms with Crippen LogP contribution in [0.15, 0.2) is 48.5 Å². The summed E-state index contributed by atoms with van der Waals surface area (Å²) in [6.45, 7) is 1.45. The van der Waals surface area contributed by atoms with Gasteiger partial charge in [0.25, 0.3) is 0 Å². The molecular weight excluding hydrogens is 322 g/mol. The van der Waals surface area contributed by atoms with Crippen LogP contribution in [0.2, 0.25) is 0 Å². The zero-order valence-corrected chi connectivity index (χ0v) is 14.4. The molecule has 132 valence electrons. The summed E-state index contributed by atoms with van der Waals surface area (Å²) in [7, 11) is 3.30. The Kier molecular flexibility index (Phi) is 6.00. The molecule has 6 heteroatoms. The van der Waals surface area contributed by atoms with E-state index in [1.54, 1.807) is 43.3 Å². The predicted octanol–water partition coefficient (Wildman–Crippen LogP) is 2.93. The van der Waals surface area contributed by atoms with Gasteiger partial charge >= 0.3 is 5.97 Å². The molecule has 0 radical (unpaired) electrons. The van der Waals surface area contributed by atoms with E-state index >= 15 is 0 Å². The Morgan fingerprint density at radius 3 is 2.12 bits per heavy atom. The highest BCUT2D eigenvalue weighted by atomic mass is 16.5. The van der Waals surface area contributed by atoms with E-state index in [1.165, 1.54) is 0 Å². The summed E-state index contributed by atoms with van der Waals surface area (Å²) in [6.07, 6.45) is 0. The first-order valence-electron chi connectivity index (χ1n) is 7.78. The summed E-state index contributed by atoms with van der Waals surface area (Å²) in [5.74, 6) is -0.211. The minimum Gasteiger partial charge on any atom is -0.497 e. The smallest absolute Gasteiger partial charge is 0.341 e. The number of hydrogen-bond acceptors (Lipinski definition) is 4. The van der Waals surface area contributed by atoms with Crippen LogP contribution < -0.4 is 14.4 Å². The van der Waals surface area contributed by atoms with Crippen molar-refractivity contribution in [2.24, 2.45) is 0 Å². The zero-order chi connectivity index (χ0) is 18.4. The van der Waals surface area contributed by atoms with Gasteiger partial charge in [0.2, 0.25) is 5.91 Å². The van der Waals surface area contributed by atoms with Crippen molar-refractivity contribution in [3.8, 4) is 11.5 Å². The standard InChI is InChI=1S/C19H21NO5/c1-13(14-4-8-16(24-3)9-5-14)19(23)20(2)15-6-10-17(11-7-15)25-12-18(21)22/h4-11,13H,12H2,1-3H3,(H,21,22). The van der Waals surface area contributed by atoms with E-state index in [9.17, 15) is 9.59 Å². The maximum atomic E-state index is 12.7. The molecule has 2 rings (SSSR count). The molecule has 0 aromatic heterocycles. The summed E-state index contributed by atoms with van der Waals surface area (Å²) in [4.78, 5) is 24.8. The molecule has 0 bridgehead atoms. The molecule has 0 heterocycles. The van der Waals surface area contributed by atoms with Crippen molar-refractivity contribution in [1.29, 1.82) is 0 Å². The van der Waals surface area contributed by atoms with Crippen molar-refractivity contribution < 1.29 is 24.2 Å². The maximum Gasteiger partial charge on any atom is 0.341 e. The third-order valence-electron chi connectivity index (χ3n) is 3.90. The number of methoxy groups -OCH3 is 1. The van der Waals surface area contributed by atoms with Crippen molar-refractivity contribution in [3.05, 3.63) is 54.1 Å². The number of likely N-dealkylation sites (N-methyl/N-ethyl adjacent to an activating group) is 1. The fraction of sp³-hybridized carbons (Fsp3) is 0.263. The van der Waals surface area contributed by atoms with Gasteiger partial charge in [-0.15, -0.1) is 0 Å². The number of nitrogens with zero attached hydrogens (tertiary/aromatic N) is 1. The third kappa shape index (κ3) is 4.73. The number of anilines is 1. The Morgan fingerprint density at radius 2 is 1.60 bits per heavy atom. The van der Waals surface area contributed by atoms with E-state index in [0.29, 0.717) is 11.4 Å². The highest BCUT2D eigenvalue weighted by Gasteiger charge is 2.20. The molecule has 1 N–H and O–H groups in total. The van der Waals surface area contributed by atoms with E-state index < -0.39 is 12.6 Å². The van der Waals surface area contributed by atoms with Crippen molar-refractivity contribution in [1.82, 2.24) is 0 Å². The SMILES string of the molecule is COc1ccc(C(C)C(=O)N(C)c2ccc(OCC(=O)O)cc2)cc1. The Hall–Kier alpha value is -3.02. The van der Waals surface area contributed by atoms with E-state index in [1.807, 2.05) is 31.2 Å². The van der Waals surface area contributed by atoms with Gasteiger partial charge in [-0.25, -0.2) is 4.79 Å². The Balaban J connectivity index is 2.06. The van der Waals surface area contributed by atoms with Gasteiger partial charge in [-0.1, -0.05) is 12.1 Å². The second-order valence-corrected chi connectivity index (χ2v) is 5.57. The van der Waals surface area contributed by atoms with E-state index in [2.05, 4.69) is 0 Å². The number of carboxylic acids is 1. The molecular formula is C19H21NO5. The molecule has 0 saturated heterocycles. The van der Waals surface area contributed by atoms with Crippen LogP contribution in [-0.4, -0.2) is 37.7 Å². The highest BCUT2D eigenvalue weighted by molar-refractivity contribution is 5.97. The van der Waals surface area contributed by atoms with Gasteiger partial charge in [0, 0.05) is 12.7 Å². The lowest BCUT2D eigenvalue weighted by Crippen LogP contribution is -2.30. The minimum atomic E-state index is -1.04. The molecule has 0 aliphatic heterocycles. The minimum absolute atomic E-state index is 0.0515. The average molecular weight is 343 g/mol. The van der Waals surface area contributed by atoms with Gasteiger partial charge < -0.3 is 19.5 Å². The summed E-state index contributed by atoms with van der Waals surface area (Å²) in [6, 6.07) is 14.1. The monoisotopic (exact) mass is 343 g/mol. The van der Waals surface area contributed by atoms with Crippen LogP contribution in [0.25, 0.3) is 0 Å². The molecule has 0 spiro atoms. The summed E-state index contributed by atoms with van der Waals surface area (Å²) in [5.41, 5.74) is 1.60. The Labute approximate surface area is 146 Å². The van der Waals surface area contributed by atoms with Crippen LogP contribution in [0.4, 0.5) is 5.69 Å². The van der Waals surface area contributed by atoms with Crippen LogP contribution in [-0.2, 0) is 9.59 Å². The molecule has 0 fully saturated rings. The summed E-state index contributed by atoms with van der Waals surface area (Å²) in [5, 5.41) is 8.61. The van der Waals surface area contributed by atoms with Crippen LogP contribution >= 0.6 is 0 Å². The van der Waals surface area contributed by atoms with Crippen molar-refractivity contribution in [2.45, 2.75) is 12.8 Å². The fourth-order valence-corrected chi connectivity index (χ4v) is 2.36.